The van der Waals surface area contributed by atoms with E-state index in [0.717, 1.165) is 0 Å². The molecule has 0 radical (unpaired) electrons. The fraction of sp³-hybridized carbons (Fsp3) is 0.0891. The predicted molar refractivity (Wildman–Crippen MR) is 439 cm³/mol. The SMILES string of the molecule is CC1(C)c2cc(/C=C/c3ccc4c(c3)C(C)(C)c3cc(-c5ccc6c(c5)c5ccccc5n6-c5cc6ccccc6c6ccccc56)ccc3-4)ccc2-c2ccc(/C=C/c3ccc4c(c3)C(C)(C)c3cc(-c5ccc6c(c5)c5ccccc5n6-c5cc6ccccc6c6ccccc56)ccc3-4)cc21. The number of benzene rings is 16. The molecule has 2 heteroatoms. The topological polar surface area (TPSA) is 9.86 Å². The Labute approximate surface area is 600 Å². The van der Waals surface area contributed by atoms with E-state index in [1.54, 1.807) is 0 Å². The molecule has 2 nitrogen and oxygen atoms in total. The molecular formula is C101H72N2. The van der Waals surface area contributed by atoms with Crippen molar-refractivity contribution < 1.29 is 0 Å². The molecule has 3 aliphatic carbocycles. The van der Waals surface area contributed by atoms with Crippen LogP contribution in [0.15, 0.2) is 303 Å². The Morgan fingerprint density at radius 3 is 0.825 bits per heavy atom. The summed E-state index contributed by atoms with van der Waals surface area (Å²) in [6, 6.07) is 115. The number of fused-ring (bicyclic) bond motifs is 21. The van der Waals surface area contributed by atoms with Crippen molar-refractivity contribution in [1.82, 2.24) is 9.13 Å². The van der Waals surface area contributed by atoms with Crippen molar-refractivity contribution in [2.75, 3.05) is 0 Å². The smallest absolute Gasteiger partial charge is 0.0546 e. The Morgan fingerprint density at radius 1 is 0.204 bits per heavy atom. The summed E-state index contributed by atoms with van der Waals surface area (Å²) in [7, 11) is 0. The second kappa shape index (κ2) is 21.8. The number of nitrogens with zero attached hydrogens (tertiary/aromatic N) is 2. The van der Waals surface area contributed by atoms with Crippen LogP contribution < -0.4 is 0 Å². The summed E-state index contributed by atoms with van der Waals surface area (Å²) in [5.74, 6) is 0. The van der Waals surface area contributed by atoms with Crippen LogP contribution in [0.2, 0.25) is 0 Å². The minimum Gasteiger partial charge on any atom is -0.309 e. The highest BCUT2D eigenvalue weighted by Crippen LogP contribution is 2.54. The Balaban J connectivity index is 0.525. The highest BCUT2D eigenvalue weighted by Gasteiger charge is 2.39. The molecule has 2 aromatic heterocycles. The number of aromatic nitrogens is 2. The van der Waals surface area contributed by atoms with Crippen molar-refractivity contribution in [2.45, 2.75) is 57.8 Å². The lowest BCUT2D eigenvalue weighted by Gasteiger charge is -2.22. The monoisotopic (exact) mass is 1310 g/mol. The van der Waals surface area contributed by atoms with E-state index >= 15 is 0 Å². The van der Waals surface area contributed by atoms with Gasteiger partial charge in [0.2, 0.25) is 0 Å². The van der Waals surface area contributed by atoms with E-state index in [1.807, 2.05) is 0 Å². The van der Waals surface area contributed by atoms with E-state index < -0.39 is 0 Å². The third kappa shape index (κ3) is 8.80. The summed E-state index contributed by atoms with van der Waals surface area (Å²) >= 11 is 0. The molecule has 0 saturated carbocycles. The van der Waals surface area contributed by atoms with Gasteiger partial charge in [-0.2, -0.15) is 0 Å². The lowest BCUT2D eigenvalue weighted by molar-refractivity contribution is 0.660. The molecule has 2 heterocycles. The molecule has 0 atom stereocenters. The van der Waals surface area contributed by atoms with Gasteiger partial charge in [-0.25, -0.2) is 0 Å². The summed E-state index contributed by atoms with van der Waals surface area (Å²) in [5, 5.41) is 15.2. The molecule has 0 bridgehead atoms. The molecule has 0 saturated heterocycles. The van der Waals surface area contributed by atoms with Gasteiger partial charge in [0.05, 0.1) is 33.4 Å². The molecule has 0 unspecified atom stereocenters. The Bertz CT molecular complexity index is 6420. The predicted octanol–water partition coefficient (Wildman–Crippen LogP) is 27.1. The second-order valence-electron chi connectivity index (χ2n) is 30.8. The van der Waals surface area contributed by atoms with E-state index in [4.69, 9.17) is 0 Å². The van der Waals surface area contributed by atoms with Crippen LogP contribution in [0.4, 0.5) is 0 Å². The van der Waals surface area contributed by atoms with Crippen LogP contribution in [0.5, 0.6) is 0 Å². The van der Waals surface area contributed by atoms with Gasteiger partial charge in [-0.05, 0) is 204 Å². The average Bonchev–Trinajstić information content (AvgIpc) is 1.65. The second-order valence-corrected chi connectivity index (χ2v) is 30.8. The molecule has 0 aliphatic heterocycles. The lowest BCUT2D eigenvalue weighted by atomic mass is 9.81. The first kappa shape index (κ1) is 59.5. The van der Waals surface area contributed by atoms with Crippen molar-refractivity contribution in [3.63, 3.8) is 0 Å². The zero-order valence-corrected chi connectivity index (χ0v) is 58.6. The van der Waals surface area contributed by atoms with Crippen LogP contribution in [-0.4, -0.2) is 9.13 Å². The maximum absolute atomic E-state index is 2.48. The van der Waals surface area contributed by atoms with Crippen molar-refractivity contribution in [2.24, 2.45) is 0 Å². The average molecular weight is 1310 g/mol. The number of para-hydroxylation sites is 2. The van der Waals surface area contributed by atoms with Gasteiger partial charge >= 0.3 is 0 Å². The molecular weight excluding hydrogens is 1240 g/mol. The first-order chi connectivity index (χ1) is 50.3. The third-order valence-electron chi connectivity index (χ3n) is 24.0. The maximum atomic E-state index is 2.48. The minimum absolute atomic E-state index is 0.168. The number of hydrogen-bond acceptors (Lipinski definition) is 0. The van der Waals surface area contributed by atoms with Crippen LogP contribution in [0, 0.1) is 0 Å². The van der Waals surface area contributed by atoms with E-state index in [9.17, 15) is 0 Å². The van der Waals surface area contributed by atoms with Crippen LogP contribution >= 0.6 is 0 Å². The van der Waals surface area contributed by atoms with Gasteiger partial charge in [-0.15, -0.1) is 0 Å². The molecule has 103 heavy (non-hydrogen) atoms. The van der Waals surface area contributed by atoms with Gasteiger partial charge < -0.3 is 9.13 Å². The quantitative estimate of drug-likeness (QED) is 0.106. The Morgan fingerprint density at radius 2 is 0.466 bits per heavy atom. The van der Waals surface area contributed by atoms with Crippen molar-refractivity contribution in [3.8, 4) is 67.0 Å². The Hall–Kier alpha value is -12.4. The first-order valence-electron chi connectivity index (χ1n) is 36.4. The summed E-state index contributed by atoms with van der Waals surface area (Å²) < 4.78 is 4.96. The molecule has 0 N–H and O–H groups in total. The van der Waals surface area contributed by atoms with Gasteiger partial charge in [-0.3, -0.25) is 0 Å². The van der Waals surface area contributed by atoms with Crippen molar-refractivity contribution >= 4 is 111 Å². The standard InChI is InChI=1S/C101H72N2/c1-99(2)87-51-61(31-33-63-37-45-77-79-47-39-67(57-91(79)100(3,4)89(77)53-63)65-41-49-95-85(55-65)83-27-15-17-29-93(83)102(95)97-59-69-19-7-9-21-71(69)73-23-11-13-25-81(73)97)35-43-75(87)76-44-36-62(52-88(76)99)32-34-64-38-46-78-80-48-40-68(58-92(80)101(5,6)90(78)54-64)66-42-50-96-86(56-66)84-28-16-18-30-94(84)103(96)98-60-70-20-8-10-22-72(70)74-24-12-14-26-82(74)98/h7-60H,1-6H3/b33-31+,34-32+. The lowest BCUT2D eigenvalue weighted by Crippen LogP contribution is -2.15. The first-order valence-corrected chi connectivity index (χ1v) is 36.4. The molecule has 18 aromatic rings. The highest BCUT2D eigenvalue weighted by molar-refractivity contribution is 6.18. The number of rotatable bonds is 8. The molecule has 486 valence electrons. The largest absolute Gasteiger partial charge is 0.309 e. The molecule has 3 aliphatic rings. The minimum atomic E-state index is -0.183. The van der Waals surface area contributed by atoms with Gasteiger partial charge in [0, 0.05) is 48.6 Å². The highest BCUT2D eigenvalue weighted by atomic mass is 15.0. The van der Waals surface area contributed by atoms with Gasteiger partial charge in [0.1, 0.15) is 0 Å². The summed E-state index contributed by atoms with van der Waals surface area (Å²) in [5.41, 5.74) is 32.7. The molecule has 0 amide bonds. The van der Waals surface area contributed by atoms with Crippen molar-refractivity contribution in [1.29, 1.82) is 0 Å². The molecule has 0 spiro atoms. The van der Waals surface area contributed by atoms with E-state index in [2.05, 4.69) is 378 Å². The van der Waals surface area contributed by atoms with E-state index in [-0.39, 0.29) is 16.2 Å². The van der Waals surface area contributed by atoms with Crippen LogP contribution in [-0.2, 0) is 16.2 Å². The summed E-state index contributed by atoms with van der Waals surface area (Å²) in [6.07, 6.45) is 9.23. The molecule has 16 aromatic carbocycles. The zero-order chi connectivity index (χ0) is 68.8. The normalized spacial score (nSPS) is 14.5. The zero-order valence-electron chi connectivity index (χ0n) is 58.6. The van der Waals surface area contributed by atoms with Crippen LogP contribution in [0.3, 0.4) is 0 Å². The Kier molecular flexibility index (Phi) is 12.6. The van der Waals surface area contributed by atoms with Gasteiger partial charge in [0.25, 0.3) is 0 Å². The fourth-order valence-electron chi connectivity index (χ4n) is 18.7. The van der Waals surface area contributed by atoms with Crippen LogP contribution in [0.25, 0.3) is 178 Å². The van der Waals surface area contributed by atoms with Gasteiger partial charge in [-0.1, -0.05) is 309 Å². The fourth-order valence-corrected chi connectivity index (χ4v) is 18.7. The summed E-state index contributed by atoms with van der Waals surface area (Å²) in [4.78, 5) is 0. The van der Waals surface area contributed by atoms with Crippen LogP contribution in [0.1, 0.15) is 97.2 Å². The number of hydrogen-bond donors (Lipinski definition) is 0. The maximum Gasteiger partial charge on any atom is 0.0546 e. The van der Waals surface area contributed by atoms with E-state index in [1.165, 1.54) is 209 Å². The molecule has 21 rings (SSSR count). The van der Waals surface area contributed by atoms with E-state index in [0.29, 0.717) is 0 Å². The third-order valence-corrected chi connectivity index (χ3v) is 24.0. The summed E-state index contributed by atoms with van der Waals surface area (Å²) in [6.45, 7) is 14.4. The van der Waals surface area contributed by atoms with Gasteiger partial charge in [0.15, 0.2) is 0 Å². The molecule has 0 fully saturated rings. The van der Waals surface area contributed by atoms with Crippen molar-refractivity contribution in [3.05, 3.63) is 359 Å².